The highest BCUT2D eigenvalue weighted by Gasteiger charge is 2.35. The van der Waals surface area contributed by atoms with Crippen LogP contribution in [0.2, 0.25) is 0 Å². The van der Waals surface area contributed by atoms with Gasteiger partial charge in [0.25, 0.3) is 0 Å². The zero-order valence-corrected chi connectivity index (χ0v) is 15.4. The monoisotopic (exact) mass is 359 g/mol. The molecule has 3 fully saturated rings. The first-order valence-electron chi connectivity index (χ1n) is 10.1. The van der Waals surface area contributed by atoms with Gasteiger partial charge in [-0.3, -0.25) is 4.90 Å². The van der Waals surface area contributed by atoms with Crippen molar-refractivity contribution in [2.24, 2.45) is 0 Å². The van der Waals surface area contributed by atoms with Crippen molar-refractivity contribution in [3.8, 4) is 0 Å². The fraction of sp³-hybridized carbons (Fsp3) is 0.789. The van der Waals surface area contributed by atoms with E-state index in [9.17, 15) is 0 Å². The van der Waals surface area contributed by atoms with Gasteiger partial charge in [-0.1, -0.05) is 0 Å². The van der Waals surface area contributed by atoms with Crippen LogP contribution < -0.4 is 10.6 Å². The molecule has 3 aliphatic heterocycles. The minimum absolute atomic E-state index is 0.287. The van der Waals surface area contributed by atoms with Gasteiger partial charge < -0.3 is 20.1 Å². The average molecular weight is 359 g/mol. The fourth-order valence-electron chi connectivity index (χ4n) is 4.33. The molecular weight excluding hydrogens is 330 g/mol. The molecule has 2 atom stereocenters. The first kappa shape index (κ1) is 16.9. The predicted molar refractivity (Wildman–Crippen MR) is 98.7 cm³/mol. The van der Waals surface area contributed by atoms with Gasteiger partial charge in [0, 0.05) is 37.5 Å². The molecular formula is C19H29N5O2. The Morgan fingerprint density at radius 2 is 1.85 bits per heavy atom. The van der Waals surface area contributed by atoms with Crippen LogP contribution in [0.1, 0.15) is 35.8 Å². The van der Waals surface area contributed by atoms with Crippen LogP contribution in [0.25, 0.3) is 0 Å². The van der Waals surface area contributed by atoms with Crippen LogP contribution in [-0.4, -0.2) is 79.6 Å². The standard InChI is InChI=1S/C19H29N5O2/c1-2-13(1)18-21-15-4-6-20-5-3-14(15)19(23-18)22-16-11-26-12-17(16)24-7-9-25-10-8-24/h13,16-17,20H,1-12H2,(H,21,22,23)/t16-,17-/m0/s1. The zero-order chi connectivity index (χ0) is 17.3. The summed E-state index contributed by atoms with van der Waals surface area (Å²) in [4.78, 5) is 12.4. The van der Waals surface area contributed by atoms with Crippen LogP contribution in [0, 0.1) is 0 Å². The summed E-state index contributed by atoms with van der Waals surface area (Å²) in [6.07, 6.45) is 4.47. The van der Waals surface area contributed by atoms with Gasteiger partial charge in [-0.05, 0) is 25.8 Å². The maximum Gasteiger partial charge on any atom is 0.134 e. The summed E-state index contributed by atoms with van der Waals surface area (Å²) in [6, 6.07) is 0.688. The maximum absolute atomic E-state index is 5.85. The van der Waals surface area contributed by atoms with E-state index in [1.54, 1.807) is 0 Å². The molecule has 7 nitrogen and oxygen atoms in total. The summed E-state index contributed by atoms with van der Waals surface area (Å²) in [6.45, 7) is 7.18. The quantitative estimate of drug-likeness (QED) is 0.814. The SMILES string of the molecule is C1Cc2nc(C3CC3)nc(N[C@H]3COC[C@@H]3N3CCOCC3)c2CCN1. The second-order valence-electron chi connectivity index (χ2n) is 7.88. The number of hydrogen-bond acceptors (Lipinski definition) is 7. The van der Waals surface area contributed by atoms with Crippen LogP contribution in [0.15, 0.2) is 0 Å². The van der Waals surface area contributed by atoms with E-state index in [0.717, 1.165) is 77.1 Å². The van der Waals surface area contributed by atoms with Gasteiger partial charge in [0.2, 0.25) is 0 Å². The number of anilines is 1. The minimum Gasteiger partial charge on any atom is -0.379 e. The lowest BCUT2D eigenvalue weighted by Gasteiger charge is -2.35. The summed E-state index contributed by atoms with van der Waals surface area (Å²) < 4.78 is 11.4. The van der Waals surface area contributed by atoms with Gasteiger partial charge in [-0.15, -0.1) is 0 Å². The number of aromatic nitrogens is 2. The molecule has 26 heavy (non-hydrogen) atoms. The Morgan fingerprint density at radius 1 is 1.00 bits per heavy atom. The van der Waals surface area contributed by atoms with Crippen molar-refractivity contribution in [1.29, 1.82) is 0 Å². The van der Waals surface area contributed by atoms with Crippen molar-refractivity contribution in [2.45, 2.75) is 43.7 Å². The van der Waals surface area contributed by atoms with E-state index in [4.69, 9.17) is 19.4 Å². The molecule has 7 heteroatoms. The molecule has 0 radical (unpaired) electrons. The molecule has 0 aromatic carbocycles. The van der Waals surface area contributed by atoms with E-state index in [1.165, 1.54) is 24.1 Å². The number of morpholine rings is 1. The van der Waals surface area contributed by atoms with E-state index in [0.29, 0.717) is 12.0 Å². The summed E-state index contributed by atoms with van der Waals surface area (Å²) in [5.41, 5.74) is 2.56. The molecule has 4 aliphatic rings. The molecule has 2 saturated heterocycles. The molecule has 1 aromatic rings. The molecule has 1 aromatic heterocycles. The fourth-order valence-corrected chi connectivity index (χ4v) is 4.33. The molecule has 142 valence electrons. The maximum atomic E-state index is 5.85. The van der Waals surface area contributed by atoms with Crippen molar-refractivity contribution < 1.29 is 9.47 Å². The number of nitrogens with one attached hydrogen (secondary N) is 2. The van der Waals surface area contributed by atoms with Gasteiger partial charge in [-0.25, -0.2) is 9.97 Å². The Bertz CT molecular complexity index is 645. The molecule has 0 bridgehead atoms. The second-order valence-corrected chi connectivity index (χ2v) is 7.88. The first-order chi connectivity index (χ1) is 12.9. The van der Waals surface area contributed by atoms with Gasteiger partial charge >= 0.3 is 0 Å². The lowest BCUT2D eigenvalue weighted by Crippen LogP contribution is -2.51. The second kappa shape index (κ2) is 7.38. The smallest absolute Gasteiger partial charge is 0.134 e. The average Bonchev–Trinajstić information content (AvgIpc) is 3.46. The molecule has 5 rings (SSSR count). The highest BCUT2D eigenvalue weighted by molar-refractivity contribution is 5.49. The van der Waals surface area contributed by atoms with E-state index in [-0.39, 0.29) is 6.04 Å². The predicted octanol–water partition coefficient (Wildman–Crippen LogP) is 0.554. The molecule has 4 heterocycles. The summed E-state index contributed by atoms with van der Waals surface area (Å²) in [7, 11) is 0. The van der Waals surface area contributed by atoms with Crippen LogP contribution in [0.3, 0.4) is 0 Å². The zero-order valence-electron chi connectivity index (χ0n) is 15.4. The number of nitrogens with zero attached hydrogens (tertiary/aromatic N) is 3. The molecule has 0 spiro atoms. The summed E-state index contributed by atoms with van der Waals surface area (Å²) >= 11 is 0. The topological polar surface area (TPSA) is 71.5 Å². The Kier molecular flexibility index (Phi) is 4.79. The molecule has 0 amide bonds. The highest BCUT2D eigenvalue weighted by Crippen LogP contribution is 2.39. The van der Waals surface area contributed by atoms with Gasteiger partial charge in [-0.2, -0.15) is 0 Å². The first-order valence-corrected chi connectivity index (χ1v) is 10.1. The number of fused-ring (bicyclic) bond motifs is 1. The molecule has 1 aliphatic carbocycles. The lowest BCUT2D eigenvalue weighted by atomic mass is 10.1. The van der Waals surface area contributed by atoms with Crippen LogP contribution >= 0.6 is 0 Å². The molecule has 2 N–H and O–H groups in total. The van der Waals surface area contributed by atoms with E-state index >= 15 is 0 Å². The van der Waals surface area contributed by atoms with Crippen molar-refractivity contribution in [2.75, 3.05) is 57.9 Å². The number of ether oxygens (including phenoxy) is 2. The summed E-state index contributed by atoms with van der Waals surface area (Å²) in [5, 5.41) is 7.28. The third kappa shape index (κ3) is 3.45. The largest absolute Gasteiger partial charge is 0.379 e. The van der Waals surface area contributed by atoms with E-state index < -0.39 is 0 Å². The van der Waals surface area contributed by atoms with E-state index in [1.807, 2.05) is 0 Å². The summed E-state index contributed by atoms with van der Waals surface area (Å²) in [5.74, 6) is 2.69. The van der Waals surface area contributed by atoms with Crippen molar-refractivity contribution in [3.05, 3.63) is 17.1 Å². The Balaban J connectivity index is 1.40. The lowest BCUT2D eigenvalue weighted by molar-refractivity contribution is 0.0130. The van der Waals surface area contributed by atoms with Crippen molar-refractivity contribution in [3.63, 3.8) is 0 Å². The van der Waals surface area contributed by atoms with E-state index in [2.05, 4.69) is 15.5 Å². The minimum atomic E-state index is 0.287. The Hall–Kier alpha value is -1.28. The molecule has 1 saturated carbocycles. The Morgan fingerprint density at radius 3 is 2.69 bits per heavy atom. The highest BCUT2D eigenvalue weighted by atomic mass is 16.5. The number of rotatable bonds is 4. The number of hydrogen-bond donors (Lipinski definition) is 2. The van der Waals surface area contributed by atoms with Gasteiger partial charge in [0.05, 0.1) is 44.2 Å². The molecule has 0 unspecified atom stereocenters. The van der Waals surface area contributed by atoms with Crippen LogP contribution in [0.5, 0.6) is 0 Å². The Labute approximate surface area is 154 Å². The van der Waals surface area contributed by atoms with Crippen molar-refractivity contribution in [1.82, 2.24) is 20.2 Å². The third-order valence-electron chi connectivity index (χ3n) is 6.03. The van der Waals surface area contributed by atoms with Gasteiger partial charge in [0.15, 0.2) is 0 Å². The normalized spacial score (nSPS) is 30.0. The van der Waals surface area contributed by atoms with Crippen LogP contribution in [-0.2, 0) is 22.3 Å². The van der Waals surface area contributed by atoms with Gasteiger partial charge in [0.1, 0.15) is 11.6 Å². The van der Waals surface area contributed by atoms with Crippen molar-refractivity contribution >= 4 is 5.82 Å². The van der Waals surface area contributed by atoms with Crippen LogP contribution in [0.4, 0.5) is 5.82 Å². The third-order valence-corrected chi connectivity index (χ3v) is 6.03.